The van der Waals surface area contributed by atoms with Crippen LogP contribution in [0.1, 0.15) is 34.6 Å². The maximum atomic E-state index is 3.98. The summed E-state index contributed by atoms with van der Waals surface area (Å²) >= 11 is 0. The van der Waals surface area contributed by atoms with E-state index in [1.165, 1.54) is 0 Å². The fourth-order valence-corrected chi connectivity index (χ4v) is 0.661. The van der Waals surface area contributed by atoms with Crippen LogP contribution in [0.25, 0.3) is 5.32 Å². The van der Waals surface area contributed by atoms with Crippen LogP contribution in [0.4, 0.5) is 0 Å². The molecule has 0 saturated heterocycles. The molecule has 0 N–H and O–H groups in total. The summed E-state index contributed by atoms with van der Waals surface area (Å²) < 4.78 is 0. The molecule has 0 aliphatic heterocycles. The van der Waals surface area contributed by atoms with E-state index in [0.29, 0.717) is 0 Å². The number of hydrogen-bond donors (Lipinski definition) is 0. The first-order chi connectivity index (χ1) is 7.44. The summed E-state index contributed by atoms with van der Waals surface area (Å²) in [6, 6.07) is 0. The van der Waals surface area contributed by atoms with Crippen LogP contribution in [0, 0.1) is 12.2 Å². The first-order valence-corrected chi connectivity index (χ1v) is 5.20. The Morgan fingerprint density at radius 2 is 1.47 bits per heavy atom. The third kappa shape index (κ3) is 11.6. The van der Waals surface area contributed by atoms with E-state index in [-0.39, 0.29) is 20.1 Å². The number of allylic oxidation sites excluding steroid dienone is 4. The molecule has 0 aromatic heterocycles. The van der Waals surface area contributed by atoms with Crippen molar-refractivity contribution in [3.05, 3.63) is 40.9 Å². The molecule has 3 heteroatoms. The van der Waals surface area contributed by atoms with E-state index in [2.05, 4.69) is 29.0 Å². The van der Waals surface area contributed by atoms with Crippen LogP contribution in [0.3, 0.4) is 0 Å². The molecule has 0 aromatic carbocycles. The quantitative estimate of drug-likeness (QED) is 0.380. The number of hydrogen-bond acceptors (Lipinski definition) is 1. The van der Waals surface area contributed by atoms with Gasteiger partial charge >= 0.3 is 20.1 Å². The van der Waals surface area contributed by atoms with Gasteiger partial charge in [0.1, 0.15) is 0 Å². The zero-order chi connectivity index (χ0) is 13.1. The van der Waals surface area contributed by atoms with E-state index < -0.39 is 0 Å². The number of nitrogens with zero attached hydrogens (tertiary/aromatic N) is 2. The average molecular weight is 412 g/mol. The summed E-state index contributed by atoms with van der Waals surface area (Å²) in [4.78, 5) is 3.98. The van der Waals surface area contributed by atoms with E-state index in [9.17, 15) is 0 Å². The molecule has 2 nitrogen and oxygen atoms in total. The monoisotopic (exact) mass is 412 g/mol. The molecule has 0 aliphatic carbocycles. The summed E-state index contributed by atoms with van der Waals surface area (Å²) in [5.41, 5.74) is 4.03. The Morgan fingerprint density at radius 1 is 1.06 bits per heavy atom. The van der Waals surface area contributed by atoms with Gasteiger partial charge in [-0.05, 0) is 0 Å². The van der Waals surface area contributed by atoms with Gasteiger partial charge in [-0.25, -0.2) is 11.1 Å². The topological polar surface area (TPSA) is 26.5 Å². The summed E-state index contributed by atoms with van der Waals surface area (Å²) in [6.07, 6.45) is 5.94. The van der Waals surface area contributed by atoms with Crippen LogP contribution in [-0.4, -0.2) is 19.8 Å². The second-order valence-corrected chi connectivity index (χ2v) is 3.23. The van der Waals surface area contributed by atoms with Gasteiger partial charge in [-0.15, -0.1) is 19.6 Å². The zero-order valence-electron chi connectivity index (χ0n) is 11.9. The molecule has 0 heterocycles. The van der Waals surface area contributed by atoms with Gasteiger partial charge in [0.15, 0.2) is 0 Å². The standard InChI is InChI=1S/C7H12N.C7H11N.Ir/c2*1-5-6(2)7(3)8-4;/h1-4H3;3H2,1-2,4H3;/q-1;-2;+3. The molecule has 0 aliphatic rings. The molecule has 0 fully saturated rings. The fraction of sp³-hybridized carbons (Fsp3) is 0.500. The molecule has 0 aromatic rings. The maximum Gasteiger partial charge on any atom is 3.00 e. The molecule has 0 unspecified atom stereocenters. The summed E-state index contributed by atoms with van der Waals surface area (Å²) in [5, 5.41) is 3.87. The maximum absolute atomic E-state index is 3.98. The van der Waals surface area contributed by atoms with Crippen molar-refractivity contribution >= 4 is 5.71 Å². The first kappa shape index (κ1) is 21.6. The van der Waals surface area contributed by atoms with E-state index >= 15 is 0 Å². The molecular weight excluding hydrogens is 388 g/mol. The van der Waals surface area contributed by atoms with Crippen LogP contribution in [0.15, 0.2) is 28.4 Å². The van der Waals surface area contributed by atoms with Crippen LogP contribution in [-0.2, 0) is 20.1 Å². The van der Waals surface area contributed by atoms with Gasteiger partial charge in [0.05, 0.1) is 0 Å². The molecule has 0 radical (unpaired) electrons. The minimum atomic E-state index is 0. The molecule has 0 amide bonds. The summed E-state index contributed by atoms with van der Waals surface area (Å²) in [7, 11) is 3.51. The Morgan fingerprint density at radius 3 is 1.59 bits per heavy atom. The SMILES string of the molecule is C=C([N-]C)C(C)=[C-]C.C[C-]=C(C)C(C)=NC.[Ir+3]. The minimum absolute atomic E-state index is 0. The van der Waals surface area contributed by atoms with E-state index in [0.717, 1.165) is 22.6 Å². The molecular formula is C14H23IrN2. The zero-order valence-corrected chi connectivity index (χ0v) is 14.3. The Bertz CT molecular complexity index is 283. The normalized spacial score (nSPS) is 12.1. The van der Waals surface area contributed by atoms with Crippen molar-refractivity contribution in [1.82, 2.24) is 0 Å². The predicted octanol–water partition coefficient (Wildman–Crippen LogP) is 4.12. The molecule has 98 valence electrons. The van der Waals surface area contributed by atoms with Crippen LogP contribution < -0.4 is 0 Å². The van der Waals surface area contributed by atoms with Crippen molar-refractivity contribution in [1.29, 1.82) is 0 Å². The number of likely N-dealkylation sites (N-methyl/N-ethyl adjacent to an activating group) is 1. The summed E-state index contributed by atoms with van der Waals surface area (Å²) in [5.74, 6) is 0. The number of rotatable bonds is 3. The summed E-state index contributed by atoms with van der Waals surface area (Å²) in [6.45, 7) is 13.3. The van der Waals surface area contributed by atoms with Crippen molar-refractivity contribution in [2.75, 3.05) is 14.1 Å². The Balaban J connectivity index is -0.000000218. The minimum Gasteiger partial charge on any atom is -0.772 e. The van der Waals surface area contributed by atoms with Crippen LogP contribution in [0.2, 0.25) is 0 Å². The second-order valence-electron chi connectivity index (χ2n) is 3.23. The van der Waals surface area contributed by atoms with Crippen molar-refractivity contribution in [3.63, 3.8) is 0 Å². The Kier molecular flexibility index (Phi) is 17.0. The molecule has 17 heavy (non-hydrogen) atoms. The third-order valence-corrected chi connectivity index (χ3v) is 2.33. The van der Waals surface area contributed by atoms with Crippen LogP contribution >= 0.6 is 0 Å². The van der Waals surface area contributed by atoms with Crippen molar-refractivity contribution in [2.24, 2.45) is 4.99 Å². The number of aliphatic imine (C=N–C) groups is 1. The van der Waals surface area contributed by atoms with Gasteiger partial charge in [-0.3, -0.25) is 12.2 Å². The Hall–Kier alpha value is -0.661. The largest absolute Gasteiger partial charge is 3.00 e. The van der Waals surface area contributed by atoms with Gasteiger partial charge < -0.3 is 16.0 Å². The van der Waals surface area contributed by atoms with Gasteiger partial charge in [0.2, 0.25) is 0 Å². The molecule has 0 atom stereocenters. The average Bonchev–Trinajstić information content (AvgIpc) is 2.35. The molecule has 0 bridgehead atoms. The fourth-order valence-electron chi connectivity index (χ4n) is 0.661. The van der Waals surface area contributed by atoms with E-state index in [1.807, 2.05) is 34.6 Å². The first-order valence-electron chi connectivity index (χ1n) is 5.20. The van der Waals surface area contributed by atoms with Crippen molar-refractivity contribution in [2.45, 2.75) is 34.6 Å². The van der Waals surface area contributed by atoms with Crippen molar-refractivity contribution in [3.8, 4) is 0 Å². The predicted molar refractivity (Wildman–Crippen MR) is 73.7 cm³/mol. The molecule has 0 saturated carbocycles. The van der Waals surface area contributed by atoms with Gasteiger partial charge in [-0.1, -0.05) is 20.8 Å². The third-order valence-electron chi connectivity index (χ3n) is 2.33. The van der Waals surface area contributed by atoms with Crippen LogP contribution in [0.5, 0.6) is 0 Å². The van der Waals surface area contributed by atoms with E-state index in [4.69, 9.17) is 0 Å². The smallest absolute Gasteiger partial charge is 0.772 e. The molecule has 0 spiro atoms. The molecule has 0 rings (SSSR count). The Labute approximate surface area is 120 Å². The second kappa shape index (κ2) is 13.4. The van der Waals surface area contributed by atoms with Gasteiger partial charge in [0, 0.05) is 7.05 Å². The van der Waals surface area contributed by atoms with Gasteiger partial charge in [0.25, 0.3) is 0 Å². The van der Waals surface area contributed by atoms with Gasteiger partial charge in [-0.2, -0.15) is 13.6 Å². The van der Waals surface area contributed by atoms with E-state index in [1.54, 1.807) is 14.1 Å². The van der Waals surface area contributed by atoms with Crippen molar-refractivity contribution < 1.29 is 20.1 Å².